The van der Waals surface area contributed by atoms with Crippen LogP contribution in [0.1, 0.15) is 16.7 Å². The van der Waals surface area contributed by atoms with Gasteiger partial charge in [-0.15, -0.1) is 0 Å². The van der Waals surface area contributed by atoms with Crippen molar-refractivity contribution >= 4 is 51.9 Å². The second-order valence-corrected chi connectivity index (χ2v) is 11.5. The summed E-state index contributed by atoms with van der Waals surface area (Å²) in [5.74, 6) is 0.641. The van der Waals surface area contributed by atoms with Crippen LogP contribution < -0.4 is 4.74 Å². The van der Waals surface area contributed by atoms with Gasteiger partial charge in [-0.05, 0) is 65.7 Å². The molecule has 5 nitrogen and oxygen atoms in total. The van der Waals surface area contributed by atoms with E-state index in [9.17, 15) is 4.79 Å². The molecule has 0 aliphatic carbocycles. The van der Waals surface area contributed by atoms with Crippen molar-refractivity contribution in [3.8, 4) is 22.7 Å². The minimum atomic E-state index is -0.104. The molecule has 5 aromatic rings. The number of aromatic nitrogens is 2. The van der Waals surface area contributed by atoms with E-state index < -0.39 is 0 Å². The van der Waals surface area contributed by atoms with Gasteiger partial charge in [-0.3, -0.25) is 9.69 Å². The normalized spacial score (nSPS) is 14.2. The predicted octanol–water partition coefficient (Wildman–Crippen LogP) is 8.17. The number of para-hydroxylation sites is 1. The molecule has 1 aromatic heterocycles. The molecule has 2 heterocycles. The lowest BCUT2D eigenvalue weighted by molar-refractivity contribution is -0.122. The van der Waals surface area contributed by atoms with Crippen LogP contribution in [0.3, 0.4) is 0 Å². The summed E-state index contributed by atoms with van der Waals surface area (Å²) in [6, 6.07) is 35.2. The van der Waals surface area contributed by atoms with Crippen LogP contribution in [0.2, 0.25) is 5.02 Å². The van der Waals surface area contributed by atoms with Gasteiger partial charge in [0.25, 0.3) is 5.91 Å². The Morgan fingerprint density at radius 1 is 0.854 bits per heavy atom. The number of amides is 1. The second-order valence-electron chi connectivity index (χ2n) is 9.41. The summed E-state index contributed by atoms with van der Waals surface area (Å²) in [5.41, 5.74) is 5.47. The minimum Gasteiger partial charge on any atom is -0.489 e. The highest BCUT2D eigenvalue weighted by atomic mass is 35.5. The fourth-order valence-corrected chi connectivity index (χ4v) is 5.80. The molecule has 0 radical (unpaired) electrons. The van der Waals surface area contributed by atoms with Gasteiger partial charge >= 0.3 is 0 Å². The average molecular weight is 594 g/mol. The van der Waals surface area contributed by atoms with Crippen molar-refractivity contribution in [3.63, 3.8) is 0 Å². The van der Waals surface area contributed by atoms with Gasteiger partial charge in [-0.1, -0.05) is 96.2 Å². The van der Waals surface area contributed by atoms with Crippen LogP contribution in [0.25, 0.3) is 23.0 Å². The molecule has 0 saturated carbocycles. The molecule has 41 heavy (non-hydrogen) atoms. The Bertz CT molecular complexity index is 1720. The lowest BCUT2D eigenvalue weighted by atomic mass is 10.1. The maximum atomic E-state index is 13.4. The average Bonchev–Trinajstić information content (AvgIpc) is 3.54. The van der Waals surface area contributed by atoms with E-state index in [4.69, 9.17) is 33.7 Å². The fraction of sp³-hybridized carbons (Fsp3) is 0.0606. The summed E-state index contributed by atoms with van der Waals surface area (Å²) < 4.78 is 8.35. The molecule has 8 heteroatoms. The highest BCUT2D eigenvalue weighted by Gasteiger charge is 2.32. The van der Waals surface area contributed by atoms with E-state index in [1.165, 1.54) is 11.8 Å². The number of benzene rings is 4. The van der Waals surface area contributed by atoms with Gasteiger partial charge in [0.05, 0.1) is 22.8 Å². The van der Waals surface area contributed by atoms with Gasteiger partial charge in [0.2, 0.25) is 0 Å². The molecule has 0 unspecified atom stereocenters. The molecule has 0 bridgehead atoms. The molecule has 202 valence electrons. The first-order valence-electron chi connectivity index (χ1n) is 13.0. The SMILES string of the molecule is O=C1/C(=C\c2cn(-c3ccccc3)nc2-c2ccc(OCc3ccc(Cl)cc3)cc2)SC(=S)N1Cc1ccccc1. The van der Waals surface area contributed by atoms with E-state index in [1.54, 1.807) is 4.90 Å². The summed E-state index contributed by atoms with van der Waals surface area (Å²) in [6.07, 6.45) is 3.83. The molecule has 0 atom stereocenters. The molecule has 1 saturated heterocycles. The Hall–Kier alpha value is -4.17. The number of hydrogen-bond acceptors (Lipinski definition) is 5. The van der Waals surface area contributed by atoms with E-state index in [-0.39, 0.29) is 5.91 Å². The Labute approximate surface area is 253 Å². The number of carbonyl (C=O) groups is 1. The first kappa shape index (κ1) is 27.0. The van der Waals surface area contributed by atoms with Gasteiger partial charge in [0, 0.05) is 22.3 Å². The Kier molecular flexibility index (Phi) is 8.00. The smallest absolute Gasteiger partial charge is 0.266 e. The Morgan fingerprint density at radius 2 is 1.54 bits per heavy atom. The molecule has 6 rings (SSSR count). The largest absolute Gasteiger partial charge is 0.489 e. The summed E-state index contributed by atoms with van der Waals surface area (Å²) in [5, 5.41) is 5.60. The highest BCUT2D eigenvalue weighted by molar-refractivity contribution is 8.26. The van der Waals surface area contributed by atoms with Crippen LogP contribution in [0.5, 0.6) is 5.75 Å². The van der Waals surface area contributed by atoms with E-state index in [1.807, 2.05) is 126 Å². The standard InChI is InChI=1S/C33H24ClN3O2S2/c34-27-15-11-24(12-16-27)22-39-29-17-13-25(14-18-29)31-26(21-37(35-31)28-9-5-2-6-10-28)19-30-32(38)36(33(40)41-30)20-23-7-3-1-4-8-23/h1-19,21H,20,22H2/b30-19+. The third-order valence-corrected chi connectivity index (χ3v) is 8.18. The lowest BCUT2D eigenvalue weighted by Gasteiger charge is -2.14. The number of ether oxygens (including phenoxy) is 1. The highest BCUT2D eigenvalue weighted by Crippen LogP contribution is 2.36. The molecule has 1 aliphatic rings. The van der Waals surface area contributed by atoms with E-state index in [0.29, 0.717) is 27.4 Å². The third-order valence-electron chi connectivity index (χ3n) is 6.55. The van der Waals surface area contributed by atoms with Crippen molar-refractivity contribution < 1.29 is 9.53 Å². The predicted molar refractivity (Wildman–Crippen MR) is 170 cm³/mol. The minimum absolute atomic E-state index is 0.104. The van der Waals surface area contributed by atoms with Crippen LogP contribution in [-0.2, 0) is 17.9 Å². The van der Waals surface area contributed by atoms with Crippen molar-refractivity contribution in [2.45, 2.75) is 13.2 Å². The molecule has 4 aromatic carbocycles. The number of carbonyl (C=O) groups excluding carboxylic acids is 1. The van der Waals surface area contributed by atoms with Crippen molar-refractivity contribution in [2.24, 2.45) is 0 Å². The number of hydrogen-bond donors (Lipinski definition) is 0. The number of halogens is 1. The molecule has 1 aliphatic heterocycles. The number of thiocarbonyl (C=S) groups is 1. The zero-order chi connectivity index (χ0) is 28.2. The zero-order valence-corrected chi connectivity index (χ0v) is 24.2. The zero-order valence-electron chi connectivity index (χ0n) is 21.8. The number of thioether (sulfide) groups is 1. The summed E-state index contributed by atoms with van der Waals surface area (Å²) >= 11 is 12.9. The fourth-order valence-electron chi connectivity index (χ4n) is 4.43. The van der Waals surface area contributed by atoms with Gasteiger partial charge in [-0.2, -0.15) is 5.10 Å². The van der Waals surface area contributed by atoms with Crippen LogP contribution in [0, 0.1) is 0 Å². The first-order valence-corrected chi connectivity index (χ1v) is 14.6. The van der Waals surface area contributed by atoms with Crippen molar-refractivity contribution in [1.82, 2.24) is 14.7 Å². The third kappa shape index (κ3) is 6.28. The van der Waals surface area contributed by atoms with Crippen molar-refractivity contribution in [2.75, 3.05) is 0 Å². The Balaban J connectivity index is 1.28. The lowest BCUT2D eigenvalue weighted by Crippen LogP contribution is -2.27. The van der Waals surface area contributed by atoms with Gasteiger partial charge in [0.1, 0.15) is 16.7 Å². The van der Waals surface area contributed by atoms with Crippen LogP contribution in [0.4, 0.5) is 0 Å². The second kappa shape index (κ2) is 12.1. The number of nitrogens with zero attached hydrogens (tertiary/aromatic N) is 3. The summed E-state index contributed by atoms with van der Waals surface area (Å²) in [4.78, 5) is 15.6. The Morgan fingerprint density at radius 3 is 2.24 bits per heavy atom. The summed E-state index contributed by atoms with van der Waals surface area (Å²) in [7, 11) is 0. The van der Waals surface area contributed by atoms with Crippen LogP contribution in [-0.4, -0.2) is 24.9 Å². The van der Waals surface area contributed by atoms with E-state index in [0.717, 1.165) is 39.4 Å². The molecular weight excluding hydrogens is 570 g/mol. The number of rotatable bonds is 8. The van der Waals surface area contributed by atoms with Crippen LogP contribution >= 0.6 is 35.6 Å². The summed E-state index contributed by atoms with van der Waals surface area (Å²) in [6.45, 7) is 0.881. The van der Waals surface area contributed by atoms with Crippen LogP contribution in [0.15, 0.2) is 120 Å². The molecule has 1 fully saturated rings. The first-order chi connectivity index (χ1) is 20.0. The van der Waals surface area contributed by atoms with Crippen molar-refractivity contribution in [1.29, 1.82) is 0 Å². The van der Waals surface area contributed by atoms with Gasteiger partial charge < -0.3 is 4.74 Å². The molecule has 1 amide bonds. The maximum Gasteiger partial charge on any atom is 0.266 e. The van der Waals surface area contributed by atoms with E-state index >= 15 is 0 Å². The quantitative estimate of drug-likeness (QED) is 0.134. The molecule has 0 spiro atoms. The topological polar surface area (TPSA) is 47.4 Å². The van der Waals surface area contributed by atoms with E-state index in [2.05, 4.69) is 0 Å². The molecule has 0 N–H and O–H groups in total. The monoisotopic (exact) mass is 593 g/mol. The van der Waals surface area contributed by atoms with Crippen molar-refractivity contribution in [3.05, 3.63) is 142 Å². The molecular formula is C33H24ClN3O2S2. The van der Waals surface area contributed by atoms with Gasteiger partial charge in [-0.25, -0.2) is 4.68 Å². The maximum absolute atomic E-state index is 13.4. The van der Waals surface area contributed by atoms with Gasteiger partial charge in [0.15, 0.2) is 0 Å².